The van der Waals surface area contributed by atoms with Crippen molar-refractivity contribution in [2.45, 2.75) is 38.9 Å². The minimum atomic E-state index is -0.967. The Morgan fingerprint density at radius 2 is 1.71 bits per heavy atom. The average molecular weight is 287 g/mol. The lowest BCUT2D eigenvalue weighted by Gasteiger charge is -2.32. The zero-order valence-electron chi connectivity index (χ0n) is 12.5. The molecule has 0 atom stereocenters. The summed E-state index contributed by atoms with van der Waals surface area (Å²) in [5.74, 6) is 1.34. The summed E-state index contributed by atoms with van der Waals surface area (Å²) in [5, 5.41) is 11.2. The first-order valence-corrected chi connectivity index (χ1v) is 6.80. The zero-order valence-corrected chi connectivity index (χ0v) is 12.5. The predicted octanol–water partition coefficient (Wildman–Crippen LogP) is 3.66. The van der Waals surface area contributed by atoms with E-state index in [-0.39, 0.29) is 11.3 Å². The van der Waals surface area contributed by atoms with Gasteiger partial charge in [-0.2, -0.15) is 0 Å². The molecule has 2 aliphatic rings. The predicted molar refractivity (Wildman–Crippen MR) is 79.9 cm³/mol. The van der Waals surface area contributed by atoms with E-state index in [2.05, 4.69) is 0 Å². The van der Waals surface area contributed by atoms with Crippen molar-refractivity contribution >= 4 is 12.2 Å². The number of rotatable bonds is 1. The van der Waals surface area contributed by atoms with E-state index < -0.39 is 10.5 Å². The lowest BCUT2D eigenvalue weighted by molar-refractivity contribution is -0.439. The van der Waals surface area contributed by atoms with E-state index in [1.54, 1.807) is 19.9 Å². The maximum absolute atomic E-state index is 11.2. The first kappa shape index (κ1) is 13.7. The molecule has 2 aliphatic heterocycles. The van der Waals surface area contributed by atoms with Crippen molar-refractivity contribution in [2.75, 3.05) is 0 Å². The highest BCUT2D eigenvalue weighted by atomic mass is 16.6. The summed E-state index contributed by atoms with van der Waals surface area (Å²) in [6.45, 7) is 7.33. The Labute approximate surface area is 123 Å². The maximum Gasteiger partial charge on any atom is 0.289 e. The highest BCUT2D eigenvalue weighted by Gasteiger charge is 2.40. The number of ether oxygens (including phenoxy) is 2. The van der Waals surface area contributed by atoms with Crippen LogP contribution in [0.2, 0.25) is 0 Å². The van der Waals surface area contributed by atoms with Crippen LogP contribution >= 0.6 is 0 Å². The first-order chi connectivity index (χ1) is 9.68. The summed E-state index contributed by atoms with van der Waals surface area (Å²) >= 11 is 0. The quantitative estimate of drug-likeness (QED) is 0.584. The van der Waals surface area contributed by atoms with Gasteiger partial charge in [-0.1, -0.05) is 6.08 Å². The fourth-order valence-corrected chi connectivity index (χ4v) is 2.54. The maximum atomic E-state index is 11.2. The van der Waals surface area contributed by atoms with Crippen LogP contribution in [0.5, 0.6) is 11.5 Å². The van der Waals surface area contributed by atoms with Crippen LogP contribution in [-0.2, 0) is 0 Å². The molecule has 0 fully saturated rings. The van der Waals surface area contributed by atoms with Gasteiger partial charge in [-0.05, 0) is 39.8 Å². The molecular weight excluding hydrogens is 270 g/mol. The minimum absolute atomic E-state index is 0.0518. The molecule has 0 aliphatic carbocycles. The van der Waals surface area contributed by atoms with Gasteiger partial charge in [0.1, 0.15) is 17.1 Å². The highest BCUT2D eigenvalue weighted by molar-refractivity contribution is 5.72. The second kappa shape index (κ2) is 4.10. The van der Waals surface area contributed by atoms with Gasteiger partial charge in [0.05, 0.1) is 4.92 Å². The van der Waals surface area contributed by atoms with Crippen molar-refractivity contribution in [2.24, 2.45) is 0 Å². The van der Waals surface area contributed by atoms with Gasteiger partial charge in [-0.25, -0.2) is 0 Å². The molecule has 5 nitrogen and oxygen atoms in total. The Morgan fingerprint density at radius 3 is 2.38 bits per heavy atom. The molecule has 5 heteroatoms. The summed E-state index contributed by atoms with van der Waals surface area (Å²) in [6.07, 6.45) is 5.51. The lowest BCUT2D eigenvalue weighted by Crippen LogP contribution is -2.36. The standard InChI is InChI=1S/C16H17NO4/c1-15(2)6-5-10-7-11-8-14(17(18)19)16(3,4)21-13(11)9-12(10)20-15/h5-9H,1-4H3. The van der Waals surface area contributed by atoms with E-state index >= 15 is 0 Å². The van der Waals surface area contributed by atoms with E-state index in [1.165, 1.54) is 0 Å². The van der Waals surface area contributed by atoms with Crippen LogP contribution in [0.15, 0.2) is 23.9 Å². The Bertz CT molecular complexity index is 698. The molecule has 2 heterocycles. The molecule has 0 bridgehead atoms. The number of hydrogen-bond donors (Lipinski definition) is 0. The van der Waals surface area contributed by atoms with Gasteiger partial charge in [-0.15, -0.1) is 0 Å². The summed E-state index contributed by atoms with van der Waals surface area (Å²) in [5.41, 5.74) is 0.317. The monoisotopic (exact) mass is 287 g/mol. The van der Waals surface area contributed by atoms with Gasteiger partial charge in [0.25, 0.3) is 5.70 Å². The summed E-state index contributed by atoms with van der Waals surface area (Å²) in [7, 11) is 0. The fraction of sp³-hybridized carbons (Fsp3) is 0.375. The molecule has 0 radical (unpaired) electrons. The van der Waals surface area contributed by atoms with E-state index in [0.29, 0.717) is 11.3 Å². The second-order valence-electron chi connectivity index (χ2n) is 6.37. The van der Waals surface area contributed by atoms with Gasteiger partial charge in [0, 0.05) is 23.3 Å². The zero-order chi connectivity index (χ0) is 15.4. The third kappa shape index (κ3) is 2.28. The van der Waals surface area contributed by atoms with Gasteiger partial charge >= 0.3 is 0 Å². The summed E-state index contributed by atoms with van der Waals surface area (Å²) in [4.78, 5) is 10.8. The molecule has 0 saturated heterocycles. The molecule has 21 heavy (non-hydrogen) atoms. The fourth-order valence-electron chi connectivity index (χ4n) is 2.54. The van der Waals surface area contributed by atoms with Crippen molar-refractivity contribution in [3.63, 3.8) is 0 Å². The van der Waals surface area contributed by atoms with Crippen molar-refractivity contribution in [1.82, 2.24) is 0 Å². The van der Waals surface area contributed by atoms with Crippen molar-refractivity contribution in [3.8, 4) is 11.5 Å². The number of fused-ring (bicyclic) bond motifs is 2. The van der Waals surface area contributed by atoms with Crippen LogP contribution in [-0.4, -0.2) is 16.1 Å². The van der Waals surface area contributed by atoms with E-state index in [1.807, 2.05) is 38.1 Å². The molecule has 1 aromatic carbocycles. The third-order valence-corrected chi connectivity index (χ3v) is 3.65. The van der Waals surface area contributed by atoms with Crippen LogP contribution in [0.25, 0.3) is 12.2 Å². The van der Waals surface area contributed by atoms with Gasteiger partial charge < -0.3 is 9.47 Å². The lowest BCUT2D eigenvalue weighted by atomic mass is 9.95. The van der Waals surface area contributed by atoms with Crippen LogP contribution in [0.4, 0.5) is 0 Å². The normalized spacial score (nSPS) is 20.5. The van der Waals surface area contributed by atoms with E-state index in [9.17, 15) is 10.1 Å². The van der Waals surface area contributed by atoms with Crippen molar-refractivity contribution in [1.29, 1.82) is 0 Å². The van der Waals surface area contributed by atoms with E-state index in [4.69, 9.17) is 9.47 Å². The molecule has 0 unspecified atom stereocenters. The van der Waals surface area contributed by atoms with Crippen LogP contribution in [0.1, 0.15) is 38.8 Å². The average Bonchev–Trinajstić information content (AvgIpc) is 2.33. The molecule has 1 aromatic rings. The molecule has 0 spiro atoms. The Morgan fingerprint density at radius 1 is 1.05 bits per heavy atom. The molecule has 0 saturated carbocycles. The molecule has 0 aromatic heterocycles. The molecule has 3 rings (SSSR count). The Hall–Kier alpha value is -2.30. The van der Waals surface area contributed by atoms with Crippen molar-refractivity contribution in [3.05, 3.63) is 45.1 Å². The SMILES string of the molecule is CC1(C)C=Cc2cc3c(cc2O1)OC(C)(C)C([N+](=O)[O-])=C3. The Balaban J connectivity index is 2.13. The van der Waals surface area contributed by atoms with E-state index in [0.717, 1.165) is 11.3 Å². The summed E-state index contributed by atoms with van der Waals surface area (Å²) in [6, 6.07) is 3.67. The minimum Gasteiger partial charge on any atom is -0.483 e. The van der Waals surface area contributed by atoms with Crippen LogP contribution < -0.4 is 9.47 Å². The van der Waals surface area contributed by atoms with Gasteiger partial charge in [-0.3, -0.25) is 10.1 Å². The van der Waals surface area contributed by atoms with Gasteiger partial charge in [0.15, 0.2) is 5.60 Å². The van der Waals surface area contributed by atoms with Gasteiger partial charge in [0.2, 0.25) is 0 Å². The number of nitrogens with zero attached hydrogens (tertiary/aromatic N) is 1. The molecular formula is C16H17NO4. The summed E-state index contributed by atoms with van der Waals surface area (Å²) < 4.78 is 11.7. The number of hydrogen-bond acceptors (Lipinski definition) is 4. The number of benzene rings is 1. The Kier molecular flexibility index (Phi) is 2.67. The third-order valence-electron chi connectivity index (χ3n) is 3.65. The number of nitro groups is 1. The molecule has 0 amide bonds. The smallest absolute Gasteiger partial charge is 0.289 e. The van der Waals surface area contributed by atoms with Crippen LogP contribution in [0, 0.1) is 10.1 Å². The molecule has 110 valence electrons. The first-order valence-electron chi connectivity index (χ1n) is 6.80. The second-order valence-corrected chi connectivity index (χ2v) is 6.37. The highest BCUT2D eigenvalue weighted by Crippen LogP contribution is 2.42. The van der Waals surface area contributed by atoms with Crippen molar-refractivity contribution < 1.29 is 14.4 Å². The topological polar surface area (TPSA) is 61.6 Å². The largest absolute Gasteiger partial charge is 0.483 e. The molecule has 0 N–H and O–H groups in total. The van der Waals surface area contributed by atoms with Crippen LogP contribution in [0.3, 0.4) is 0 Å².